The molecule has 0 saturated heterocycles. The minimum absolute atomic E-state index is 0.127. The van der Waals surface area contributed by atoms with Crippen LogP contribution in [0, 0.1) is 0 Å². The fourth-order valence-corrected chi connectivity index (χ4v) is 2.65. The SMILES string of the molecule is CCN(CC(=O)NCc1ccccc1Cl)CC(=O)Nc1ccc(OC)cc1. The van der Waals surface area contributed by atoms with Gasteiger partial charge < -0.3 is 15.4 Å². The summed E-state index contributed by atoms with van der Waals surface area (Å²) in [5, 5.41) is 6.26. The third-order valence-corrected chi connectivity index (χ3v) is 4.36. The summed E-state index contributed by atoms with van der Waals surface area (Å²) in [5.41, 5.74) is 1.54. The zero-order valence-corrected chi connectivity index (χ0v) is 16.3. The van der Waals surface area contributed by atoms with Crippen molar-refractivity contribution in [2.45, 2.75) is 13.5 Å². The number of rotatable bonds is 9. The monoisotopic (exact) mass is 389 g/mol. The molecule has 0 radical (unpaired) electrons. The highest BCUT2D eigenvalue weighted by Gasteiger charge is 2.13. The van der Waals surface area contributed by atoms with E-state index in [0.717, 1.165) is 11.3 Å². The molecule has 27 heavy (non-hydrogen) atoms. The lowest BCUT2D eigenvalue weighted by atomic mass is 10.2. The van der Waals surface area contributed by atoms with E-state index < -0.39 is 0 Å². The van der Waals surface area contributed by atoms with E-state index in [1.165, 1.54) is 0 Å². The van der Waals surface area contributed by atoms with Crippen molar-refractivity contribution in [3.05, 3.63) is 59.1 Å². The van der Waals surface area contributed by atoms with Gasteiger partial charge in [0.2, 0.25) is 11.8 Å². The number of halogens is 1. The number of carbonyl (C=O) groups is 2. The van der Waals surface area contributed by atoms with Gasteiger partial charge in [0.15, 0.2) is 0 Å². The van der Waals surface area contributed by atoms with Gasteiger partial charge in [-0.2, -0.15) is 0 Å². The van der Waals surface area contributed by atoms with Crippen molar-refractivity contribution in [2.24, 2.45) is 0 Å². The average Bonchev–Trinajstić information content (AvgIpc) is 2.67. The molecule has 2 N–H and O–H groups in total. The molecule has 144 valence electrons. The van der Waals surface area contributed by atoms with Gasteiger partial charge in [-0.15, -0.1) is 0 Å². The zero-order chi connectivity index (χ0) is 19.6. The minimum Gasteiger partial charge on any atom is -0.497 e. The first-order valence-corrected chi connectivity index (χ1v) is 9.06. The highest BCUT2D eigenvalue weighted by Crippen LogP contribution is 2.15. The van der Waals surface area contributed by atoms with Gasteiger partial charge in [-0.25, -0.2) is 0 Å². The van der Waals surface area contributed by atoms with Gasteiger partial charge in [-0.1, -0.05) is 36.7 Å². The molecule has 0 spiro atoms. The second-order valence-electron chi connectivity index (χ2n) is 5.95. The van der Waals surface area contributed by atoms with Crippen molar-refractivity contribution < 1.29 is 14.3 Å². The molecule has 0 fully saturated rings. The molecule has 0 atom stereocenters. The molecule has 0 aliphatic rings. The van der Waals surface area contributed by atoms with E-state index in [1.54, 1.807) is 42.3 Å². The number of nitrogens with zero attached hydrogens (tertiary/aromatic N) is 1. The van der Waals surface area contributed by atoms with E-state index in [4.69, 9.17) is 16.3 Å². The summed E-state index contributed by atoms with van der Waals surface area (Å²) in [4.78, 5) is 26.1. The molecule has 0 unspecified atom stereocenters. The lowest BCUT2D eigenvalue weighted by Crippen LogP contribution is -2.40. The molecule has 2 rings (SSSR count). The van der Waals surface area contributed by atoms with Crippen molar-refractivity contribution in [2.75, 3.05) is 32.1 Å². The van der Waals surface area contributed by atoms with Gasteiger partial charge in [0.25, 0.3) is 0 Å². The Bertz CT molecular complexity index is 765. The molecular formula is C20H24ClN3O3. The summed E-state index contributed by atoms with van der Waals surface area (Å²) in [6, 6.07) is 14.4. The largest absolute Gasteiger partial charge is 0.497 e. The molecule has 0 saturated carbocycles. The van der Waals surface area contributed by atoms with Crippen LogP contribution in [0.15, 0.2) is 48.5 Å². The first-order valence-electron chi connectivity index (χ1n) is 8.68. The lowest BCUT2D eigenvalue weighted by molar-refractivity contribution is -0.123. The molecule has 2 aromatic rings. The van der Waals surface area contributed by atoms with Gasteiger partial charge >= 0.3 is 0 Å². The number of benzene rings is 2. The average molecular weight is 390 g/mol. The number of amides is 2. The van der Waals surface area contributed by atoms with Gasteiger partial charge in [0.1, 0.15) is 5.75 Å². The lowest BCUT2D eigenvalue weighted by Gasteiger charge is -2.19. The van der Waals surface area contributed by atoms with Gasteiger partial charge in [0, 0.05) is 17.3 Å². The molecular weight excluding hydrogens is 366 g/mol. The quantitative estimate of drug-likeness (QED) is 0.691. The second kappa shape index (κ2) is 10.5. The van der Waals surface area contributed by atoms with E-state index in [9.17, 15) is 9.59 Å². The number of methoxy groups -OCH3 is 1. The van der Waals surface area contributed by atoms with E-state index in [1.807, 2.05) is 25.1 Å². The molecule has 7 heteroatoms. The number of anilines is 1. The van der Waals surface area contributed by atoms with Crippen molar-refractivity contribution in [3.63, 3.8) is 0 Å². The van der Waals surface area contributed by atoms with Crippen molar-refractivity contribution in [1.29, 1.82) is 0 Å². The summed E-state index contributed by atoms with van der Waals surface area (Å²) >= 11 is 6.08. The second-order valence-corrected chi connectivity index (χ2v) is 6.36. The van der Waals surface area contributed by atoms with Crippen molar-refractivity contribution >= 4 is 29.1 Å². The highest BCUT2D eigenvalue weighted by molar-refractivity contribution is 6.31. The maximum atomic E-state index is 12.2. The van der Waals surface area contributed by atoms with Crippen LogP contribution >= 0.6 is 11.6 Å². The Morgan fingerprint density at radius 3 is 2.33 bits per heavy atom. The van der Waals surface area contributed by atoms with Crippen LogP contribution in [0.5, 0.6) is 5.75 Å². The number of ether oxygens (including phenoxy) is 1. The maximum absolute atomic E-state index is 12.2. The number of likely N-dealkylation sites (N-methyl/N-ethyl adjacent to an activating group) is 1. The number of carbonyl (C=O) groups excluding carboxylic acids is 2. The zero-order valence-electron chi connectivity index (χ0n) is 15.5. The minimum atomic E-state index is -0.180. The van der Waals surface area contributed by atoms with Gasteiger partial charge in [-0.05, 0) is 42.4 Å². The molecule has 0 aliphatic heterocycles. The first kappa shape index (κ1) is 20.7. The van der Waals surface area contributed by atoms with Crippen LogP contribution in [0.1, 0.15) is 12.5 Å². The number of nitrogens with one attached hydrogen (secondary N) is 2. The van der Waals surface area contributed by atoms with Crippen LogP contribution in [0.4, 0.5) is 5.69 Å². The molecule has 0 bridgehead atoms. The van der Waals surface area contributed by atoms with Crippen LogP contribution < -0.4 is 15.4 Å². The molecule has 6 nitrogen and oxygen atoms in total. The van der Waals surface area contributed by atoms with Crippen LogP contribution in [0.3, 0.4) is 0 Å². The molecule has 0 heterocycles. The van der Waals surface area contributed by atoms with E-state index in [0.29, 0.717) is 23.8 Å². The predicted molar refractivity (Wildman–Crippen MR) is 107 cm³/mol. The smallest absolute Gasteiger partial charge is 0.238 e. The number of hydrogen-bond acceptors (Lipinski definition) is 4. The normalized spacial score (nSPS) is 10.5. The van der Waals surface area contributed by atoms with Crippen molar-refractivity contribution in [1.82, 2.24) is 10.2 Å². The Labute approximate surface area is 164 Å². The highest BCUT2D eigenvalue weighted by atomic mass is 35.5. The summed E-state index contributed by atoms with van der Waals surface area (Å²) in [5.74, 6) is 0.383. The Kier molecular flexibility index (Phi) is 8.10. The fourth-order valence-electron chi connectivity index (χ4n) is 2.45. The van der Waals surface area contributed by atoms with E-state index >= 15 is 0 Å². The van der Waals surface area contributed by atoms with Crippen molar-refractivity contribution in [3.8, 4) is 5.75 Å². The standard InChI is InChI=1S/C20H24ClN3O3/c1-3-24(13-19(25)22-12-15-6-4-5-7-18(15)21)14-20(26)23-16-8-10-17(27-2)11-9-16/h4-11H,3,12-14H2,1-2H3,(H,22,25)(H,23,26). The van der Waals surface area contributed by atoms with Crippen LogP contribution in [0.2, 0.25) is 5.02 Å². The van der Waals surface area contributed by atoms with Crippen LogP contribution in [0.25, 0.3) is 0 Å². The maximum Gasteiger partial charge on any atom is 0.238 e. The topological polar surface area (TPSA) is 70.7 Å². The fraction of sp³-hybridized carbons (Fsp3) is 0.300. The molecule has 0 aliphatic carbocycles. The summed E-state index contributed by atoms with van der Waals surface area (Å²) in [6.45, 7) is 3.10. The summed E-state index contributed by atoms with van der Waals surface area (Å²) in [6.07, 6.45) is 0. The molecule has 2 amide bonds. The van der Waals surface area contributed by atoms with E-state index in [-0.39, 0.29) is 24.9 Å². The Balaban J connectivity index is 1.80. The summed E-state index contributed by atoms with van der Waals surface area (Å²) < 4.78 is 5.09. The molecule has 0 aromatic heterocycles. The predicted octanol–water partition coefficient (Wildman–Crippen LogP) is 2.93. The Morgan fingerprint density at radius 1 is 1.04 bits per heavy atom. The van der Waals surface area contributed by atoms with Crippen LogP contribution in [-0.2, 0) is 16.1 Å². The van der Waals surface area contributed by atoms with Gasteiger partial charge in [0.05, 0.1) is 20.2 Å². The first-order chi connectivity index (χ1) is 13.0. The number of hydrogen-bond donors (Lipinski definition) is 2. The third-order valence-electron chi connectivity index (χ3n) is 3.99. The summed E-state index contributed by atoms with van der Waals surface area (Å²) in [7, 11) is 1.59. The van der Waals surface area contributed by atoms with E-state index in [2.05, 4.69) is 10.6 Å². The third kappa shape index (κ3) is 6.92. The Morgan fingerprint density at radius 2 is 1.70 bits per heavy atom. The molecule has 2 aromatic carbocycles. The van der Waals surface area contributed by atoms with Crippen LogP contribution in [-0.4, -0.2) is 43.5 Å². The van der Waals surface area contributed by atoms with Gasteiger partial charge in [-0.3, -0.25) is 14.5 Å². The Hall–Kier alpha value is -2.57.